The molecule has 0 fully saturated rings. The van der Waals surface area contributed by atoms with Crippen LogP contribution in [0.25, 0.3) is 0 Å². The fraction of sp³-hybridized carbons (Fsp3) is 0.562. The summed E-state index contributed by atoms with van der Waals surface area (Å²) in [6.07, 6.45) is 5.23. The van der Waals surface area contributed by atoms with Gasteiger partial charge in [-0.05, 0) is 56.6 Å². The van der Waals surface area contributed by atoms with Crippen LogP contribution in [0, 0.1) is 0 Å². The lowest BCUT2D eigenvalue weighted by molar-refractivity contribution is 0.194. The first kappa shape index (κ1) is 16.5. The van der Waals surface area contributed by atoms with Crippen molar-refractivity contribution < 1.29 is 9.90 Å². The molecule has 1 aromatic rings. The second-order valence-corrected chi connectivity index (χ2v) is 5.38. The van der Waals surface area contributed by atoms with E-state index in [2.05, 4.69) is 29.6 Å². The molecule has 4 heteroatoms. The number of rotatable bonds is 9. The van der Waals surface area contributed by atoms with Crippen LogP contribution in [0.1, 0.15) is 43.7 Å². The Kier molecular flexibility index (Phi) is 7.73. The molecule has 0 aliphatic carbocycles. The van der Waals surface area contributed by atoms with Gasteiger partial charge in [0.2, 0.25) is 0 Å². The van der Waals surface area contributed by atoms with E-state index in [4.69, 9.17) is 10.8 Å². The van der Waals surface area contributed by atoms with Crippen LogP contribution in [0.3, 0.4) is 0 Å². The van der Waals surface area contributed by atoms with Gasteiger partial charge in [-0.25, -0.2) is 4.79 Å². The number of aryl methyl sites for hydroxylation is 2. The highest BCUT2D eigenvalue weighted by Gasteiger charge is 1.99. The van der Waals surface area contributed by atoms with Gasteiger partial charge in [0.05, 0.1) is 0 Å². The maximum Gasteiger partial charge on any atom is 0.404 e. The number of nitrogens with one attached hydrogen (secondary N) is 1. The van der Waals surface area contributed by atoms with Crippen LogP contribution < -0.4 is 11.1 Å². The maximum absolute atomic E-state index is 10.3. The van der Waals surface area contributed by atoms with E-state index in [9.17, 15) is 4.79 Å². The quantitative estimate of drug-likeness (QED) is 0.608. The molecule has 0 radical (unpaired) electrons. The summed E-state index contributed by atoms with van der Waals surface area (Å²) in [5, 5.41) is 10.8. The Labute approximate surface area is 121 Å². The van der Waals surface area contributed by atoms with Gasteiger partial charge in [-0.1, -0.05) is 24.3 Å². The van der Waals surface area contributed by atoms with Crippen LogP contribution in [-0.4, -0.2) is 23.8 Å². The second-order valence-electron chi connectivity index (χ2n) is 5.38. The van der Waals surface area contributed by atoms with E-state index in [-0.39, 0.29) is 6.04 Å². The number of benzene rings is 1. The van der Waals surface area contributed by atoms with Gasteiger partial charge >= 0.3 is 6.09 Å². The zero-order valence-electron chi connectivity index (χ0n) is 12.3. The fourth-order valence-corrected chi connectivity index (χ4v) is 2.15. The van der Waals surface area contributed by atoms with E-state index in [1.165, 1.54) is 11.1 Å². The maximum atomic E-state index is 10.3. The molecule has 0 aromatic heterocycles. The normalized spacial score (nSPS) is 12.1. The van der Waals surface area contributed by atoms with Crippen molar-refractivity contribution in [1.82, 2.24) is 5.32 Å². The Morgan fingerprint density at radius 3 is 2.20 bits per heavy atom. The zero-order chi connectivity index (χ0) is 14.8. The molecule has 1 aromatic carbocycles. The molecule has 4 N–H and O–H groups in total. The summed E-state index contributed by atoms with van der Waals surface area (Å²) < 4.78 is 0. The molecule has 1 atom stereocenters. The molecule has 0 spiro atoms. The molecule has 112 valence electrons. The molecule has 0 saturated heterocycles. The monoisotopic (exact) mass is 278 g/mol. The Balaban J connectivity index is 2.19. The third-order valence-corrected chi connectivity index (χ3v) is 3.32. The molecule has 1 unspecified atom stereocenters. The van der Waals surface area contributed by atoms with Crippen molar-refractivity contribution in [3.8, 4) is 0 Å². The summed E-state index contributed by atoms with van der Waals surface area (Å²) >= 11 is 0. The number of carboxylic acid groups (broad SMARTS) is 1. The van der Waals surface area contributed by atoms with Gasteiger partial charge in [-0.15, -0.1) is 0 Å². The van der Waals surface area contributed by atoms with Gasteiger partial charge in [0.1, 0.15) is 0 Å². The zero-order valence-corrected chi connectivity index (χ0v) is 12.3. The van der Waals surface area contributed by atoms with Crippen molar-refractivity contribution in [2.24, 2.45) is 5.73 Å². The highest BCUT2D eigenvalue weighted by molar-refractivity contribution is 5.64. The van der Waals surface area contributed by atoms with Crippen molar-refractivity contribution in [2.45, 2.75) is 51.5 Å². The predicted octanol–water partition coefficient (Wildman–Crippen LogP) is 2.95. The Morgan fingerprint density at radius 1 is 1.15 bits per heavy atom. The first-order valence-electron chi connectivity index (χ1n) is 7.38. The van der Waals surface area contributed by atoms with E-state index in [1.54, 1.807) is 0 Å². The van der Waals surface area contributed by atoms with Crippen molar-refractivity contribution >= 4 is 6.09 Å². The molecule has 0 aliphatic rings. The first-order chi connectivity index (χ1) is 9.58. The lowest BCUT2D eigenvalue weighted by Crippen LogP contribution is -2.21. The lowest BCUT2D eigenvalue weighted by atomic mass is 10.0. The summed E-state index contributed by atoms with van der Waals surface area (Å²) in [7, 11) is 0. The van der Waals surface area contributed by atoms with Gasteiger partial charge < -0.3 is 16.2 Å². The molecule has 1 rings (SSSR count). The third kappa shape index (κ3) is 7.79. The van der Waals surface area contributed by atoms with Gasteiger partial charge in [0.15, 0.2) is 0 Å². The SMILES string of the molecule is CC(N)CCCc1ccc(CCCCNC(=O)O)cc1. The summed E-state index contributed by atoms with van der Waals surface area (Å²) in [4.78, 5) is 10.3. The van der Waals surface area contributed by atoms with Crippen molar-refractivity contribution in [3.63, 3.8) is 0 Å². The van der Waals surface area contributed by atoms with Gasteiger partial charge in [0.25, 0.3) is 0 Å². The van der Waals surface area contributed by atoms with E-state index < -0.39 is 6.09 Å². The van der Waals surface area contributed by atoms with Crippen LogP contribution >= 0.6 is 0 Å². The second kappa shape index (κ2) is 9.37. The molecular formula is C16H26N2O2. The third-order valence-electron chi connectivity index (χ3n) is 3.32. The highest BCUT2D eigenvalue weighted by atomic mass is 16.4. The molecule has 4 nitrogen and oxygen atoms in total. The molecule has 1 amide bonds. The van der Waals surface area contributed by atoms with Crippen molar-refractivity contribution in [2.75, 3.05) is 6.54 Å². The first-order valence-corrected chi connectivity index (χ1v) is 7.38. The topological polar surface area (TPSA) is 75.3 Å². The Hall–Kier alpha value is -1.55. The molecule has 0 saturated carbocycles. The van der Waals surface area contributed by atoms with Crippen molar-refractivity contribution in [1.29, 1.82) is 0 Å². The number of hydrogen-bond acceptors (Lipinski definition) is 2. The minimum atomic E-state index is -0.943. The van der Waals surface area contributed by atoms with Crippen LogP contribution in [0.15, 0.2) is 24.3 Å². The van der Waals surface area contributed by atoms with E-state index >= 15 is 0 Å². The molecule has 20 heavy (non-hydrogen) atoms. The predicted molar refractivity (Wildman–Crippen MR) is 82.0 cm³/mol. The van der Waals surface area contributed by atoms with E-state index in [0.29, 0.717) is 6.54 Å². The van der Waals surface area contributed by atoms with Crippen LogP contribution in [-0.2, 0) is 12.8 Å². The highest BCUT2D eigenvalue weighted by Crippen LogP contribution is 2.10. The average molecular weight is 278 g/mol. The number of amides is 1. The van der Waals surface area contributed by atoms with Crippen molar-refractivity contribution in [3.05, 3.63) is 35.4 Å². The van der Waals surface area contributed by atoms with Crippen LogP contribution in [0.5, 0.6) is 0 Å². The Morgan fingerprint density at radius 2 is 1.70 bits per heavy atom. The van der Waals surface area contributed by atoms with Gasteiger partial charge in [-0.2, -0.15) is 0 Å². The number of carbonyl (C=O) groups is 1. The molecule has 0 heterocycles. The molecule has 0 bridgehead atoms. The van der Waals surface area contributed by atoms with Crippen LogP contribution in [0.2, 0.25) is 0 Å². The summed E-state index contributed by atoms with van der Waals surface area (Å²) in [6.45, 7) is 2.58. The van der Waals surface area contributed by atoms with Crippen LogP contribution in [0.4, 0.5) is 4.79 Å². The van der Waals surface area contributed by atoms with E-state index in [1.807, 2.05) is 6.92 Å². The lowest BCUT2D eigenvalue weighted by Gasteiger charge is -2.06. The Bertz CT molecular complexity index is 388. The van der Waals surface area contributed by atoms with Gasteiger partial charge in [-0.3, -0.25) is 0 Å². The number of unbranched alkanes of at least 4 members (excludes halogenated alkanes) is 1. The average Bonchev–Trinajstić information content (AvgIpc) is 2.39. The number of nitrogens with two attached hydrogens (primary N) is 1. The smallest absolute Gasteiger partial charge is 0.404 e. The summed E-state index contributed by atoms with van der Waals surface area (Å²) in [5.41, 5.74) is 8.42. The number of hydrogen-bond donors (Lipinski definition) is 3. The van der Waals surface area contributed by atoms with Gasteiger partial charge in [0, 0.05) is 12.6 Å². The summed E-state index contributed by atoms with van der Waals surface area (Å²) in [6, 6.07) is 9.00. The van der Waals surface area contributed by atoms with E-state index in [0.717, 1.165) is 38.5 Å². The largest absolute Gasteiger partial charge is 0.465 e. The standard InChI is InChI=1S/C16H26N2O2/c1-13(17)5-4-7-15-10-8-14(9-11-15)6-2-3-12-18-16(19)20/h8-11,13,18H,2-7,12,17H2,1H3,(H,19,20). The minimum Gasteiger partial charge on any atom is -0.465 e. The minimum absolute atomic E-state index is 0.286. The summed E-state index contributed by atoms with van der Waals surface area (Å²) in [5.74, 6) is 0. The fourth-order valence-electron chi connectivity index (χ4n) is 2.15. The molecule has 0 aliphatic heterocycles. The molecular weight excluding hydrogens is 252 g/mol.